The first kappa shape index (κ1) is 22.9. The maximum Gasteiger partial charge on any atom is 0.242 e. The first-order chi connectivity index (χ1) is 11.3. The van der Waals surface area contributed by atoms with E-state index >= 15 is 0 Å². The number of nitrogens with two attached hydrogens (primary N) is 1. The topological polar surface area (TPSA) is 105 Å². The summed E-state index contributed by atoms with van der Waals surface area (Å²) >= 11 is 0. The minimum atomic E-state index is -0.655. The van der Waals surface area contributed by atoms with Crippen LogP contribution in [-0.2, 0) is 20.9 Å². The Kier molecular flexibility index (Phi) is 10.5. The monoisotopic (exact) mass is 370 g/mol. The third kappa shape index (κ3) is 8.51. The molecule has 8 heteroatoms. The van der Waals surface area contributed by atoms with Crippen molar-refractivity contribution in [1.82, 2.24) is 15.5 Å². The van der Waals surface area contributed by atoms with Crippen molar-refractivity contribution in [1.29, 1.82) is 0 Å². The summed E-state index contributed by atoms with van der Waals surface area (Å²) in [4.78, 5) is 36.8. The van der Waals surface area contributed by atoms with E-state index in [-0.39, 0.29) is 49.1 Å². The van der Waals surface area contributed by atoms with Crippen molar-refractivity contribution in [3.63, 3.8) is 0 Å². The lowest BCUT2D eigenvalue weighted by Crippen LogP contribution is -2.48. The number of nitrogens with zero attached hydrogens (tertiary/aromatic N) is 1. The quantitative estimate of drug-likeness (QED) is 0.611. The van der Waals surface area contributed by atoms with Gasteiger partial charge in [0.2, 0.25) is 17.7 Å². The van der Waals surface area contributed by atoms with E-state index in [0.717, 1.165) is 5.56 Å². The standard InChI is InChI=1S/C17H26N4O3.ClH/c1-12(2)16(18)17(24)20-10-15(23)21(3)11-14(22)19-9-13-7-5-4-6-8-13;/h4-8,12,16H,9-11,18H2,1-3H3,(H,19,22)(H,20,24);1H/t16-;/m0./s1. The fourth-order valence-electron chi connectivity index (χ4n) is 1.87. The van der Waals surface area contributed by atoms with Crippen LogP contribution in [0.2, 0.25) is 0 Å². The molecule has 1 atom stereocenters. The van der Waals surface area contributed by atoms with E-state index in [2.05, 4.69) is 10.6 Å². The van der Waals surface area contributed by atoms with Gasteiger partial charge in [-0.1, -0.05) is 44.2 Å². The molecule has 3 amide bonds. The maximum atomic E-state index is 11.9. The van der Waals surface area contributed by atoms with E-state index in [1.807, 2.05) is 44.2 Å². The molecule has 25 heavy (non-hydrogen) atoms. The summed E-state index contributed by atoms with van der Waals surface area (Å²) in [6, 6.07) is 8.84. The molecule has 0 aromatic heterocycles. The van der Waals surface area contributed by atoms with E-state index in [4.69, 9.17) is 5.73 Å². The van der Waals surface area contributed by atoms with Gasteiger partial charge in [0, 0.05) is 13.6 Å². The molecule has 7 nitrogen and oxygen atoms in total. The average Bonchev–Trinajstić information content (AvgIpc) is 2.57. The Morgan fingerprint density at radius 3 is 2.28 bits per heavy atom. The molecule has 140 valence electrons. The van der Waals surface area contributed by atoms with Crippen molar-refractivity contribution in [2.24, 2.45) is 11.7 Å². The van der Waals surface area contributed by atoms with Crippen LogP contribution >= 0.6 is 12.4 Å². The maximum absolute atomic E-state index is 11.9. The van der Waals surface area contributed by atoms with Gasteiger partial charge < -0.3 is 21.3 Å². The number of rotatable bonds is 8. The SMILES string of the molecule is CC(C)[C@H](N)C(=O)NCC(=O)N(C)CC(=O)NCc1ccccc1.Cl. The molecular formula is C17H27ClN4O3. The van der Waals surface area contributed by atoms with Crippen molar-refractivity contribution >= 4 is 30.1 Å². The van der Waals surface area contributed by atoms with Crippen molar-refractivity contribution in [3.8, 4) is 0 Å². The van der Waals surface area contributed by atoms with Gasteiger partial charge in [-0.3, -0.25) is 14.4 Å². The van der Waals surface area contributed by atoms with Crippen LogP contribution in [0.4, 0.5) is 0 Å². The highest BCUT2D eigenvalue weighted by Crippen LogP contribution is 1.98. The molecule has 0 fully saturated rings. The second-order valence-corrected chi connectivity index (χ2v) is 6.00. The van der Waals surface area contributed by atoms with Crippen molar-refractivity contribution < 1.29 is 14.4 Å². The van der Waals surface area contributed by atoms with Crippen molar-refractivity contribution in [2.75, 3.05) is 20.1 Å². The van der Waals surface area contributed by atoms with Gasteiger partial charge in [0.05, 0.1) is 19.1 Å². The van der Waals surface area contributed by atoms with Gasteiger partial charge in [-0.15, -0.1) is 12.4 Å². The Bertz CT molecular complexity index is 566. The molecule has 0 saturated heterocycles. The summed E-state index contributed by atoms with van der Waals surface area (Å²) in [5, 5.41) is 5.23. The summed E-state index contributed by atoms with van der Waals surface area (Å²) in [6.07, 6.45) is 0. The predicted molar refractivity (Wildman–Crippen MR) is 99.0 cm³/mol. The first-order valence-electron chi connectivity index (χ1n) is 7.89. The Balaban J connectivity index is 0.00000576. The molecule has 0 aliphatic carbocycles. The number of hydrogen-bond acceptors (Lipinski definition) is 4. The molecule has 1 aromatic rings. The normalized spacial score (nSPS) is 11.2. The van der Waals surface area contributed by atoms with E-state index in [1.54, 1.807) is 0 Å². The van der Waals surface area contributed by atoms with E-state index in [1.165, 1.54) is 11.9 Å². The molecule has 1 rings (SSSR count). The molecule has 0 aliphatic heterocycles. The Morgan fingerprint density at radius 1 is 1.12 bits per heavy atom. The van der Waals surface area contributed by atoms with Crippen LogP contribution in [0.25, 0.3) is 0 Å². The van der Waals surface area contributed by atoms with Gasteiger partial charge in [-0.25, -0.2) is 0 Å². The zero-order valence-electron chi connectivity index (χ0n) is 14.8. The molecule has 0 saturated carbocycles. The molecule has 0 heterocycles. The Morgan fingerprint density at radius 2 is 1.72 bits per heavy atom. The number of hydrogen-bond donors (Lipinski definition) is 3. The molecule has 0 bridgehead atoms. The lowest BCUT2D eigenvalue weighted by Gasteiger charge is -2.19. The van der Waals surface area contributed by atoms with E-state index in [0.29, 0.717) is 6.54 Å². The number of carbonyl (C=O) groups is 3. The number of halogens is 1. The summed E-state index contributed by atoms with van der Waals surface area (Å²) < 4.78 is 0. The molecule has 4 N–H and O–H groups in total. The van der Waals surface area contributed by atoms with E-state index < -0.39 is 6.04 Å². The summed E-state index contributed by atoms with van der Waals surface area (Å²) in [5.74, 6) is -1.00. The molecule has 0 unspecified atom stereocenters. The summed E-state index contributed by atoms with van der Waals surface area (Å²) in [5.41, 5.74) is 6.68. The molecule has 0 spiro atoms. The number of nitrogens with one attached hydrogen (secondary N) is 2. The number of carbonyl (C=O) groups excluding carboxylic acids is 3. The van der Waals surface area contributed by atoms with Crippen LogP contribution in [0.15, 0.2) is 30.3 Å². The van der Waals surface area contributed by atoms with Crippen molar-refractivity contribution in [2.45, 2.75) is 26.4 Å². The van der Waals surface area contributed by atoms with Gasteiger partial charge in [0.1, 0.15) is 0 Å². The Labute approximate surface area is 154 Å². The number of likely N-dealkylation sites (N-methyl/N-ethyl adjacent to an activating group) is 1. The van der Waals surface area contributed by atoms with Gasteiger partial charge in [0.15, 0.2) is 0 Å². The third-order valence-electron chi connectivity index (χ3n) is 3.57. The lowest BCUT2D eigenvalue weighted by atomic mass is 10.1. The van der Waals surface area contributed by atoms with Crippen molar-refractivity contribution in [3.05, 3.63) is 35.9 Å². The fraction of sp³-hybridized carbons (Fsp3) is 0.471. The van der Waals surface area contributed by atoms with Crippen LogP contribution in [-0.4, -0.2) is 48.8 Å². The highest BCUT2D eigenvalue weighted by molar-refractivity contribution is 5.89. The number of benzene rings is 1. The third-order valence-corrected chi connectivity index (χ3v) is 3.57. The fourth-order valence-corrected chi connectivity index (χ4v) is 1.87. The molecule has 0 aliphatic rings. The molecule has 0 radical (unpaired) electrons. The minimum Gasteiger partial charge on any atom is -0.350 e. The first-order valence-corrected chi connectivity index (χ1v) is 7.89. The zero-order valence-corrected chi connectivity index (χ0v) is 15.6. The van der Waals surface area contributed by atoms with Crippen LogP contribution < -0.4 is 16.4 Å². The van der Waals surface area contributed by atoms with Crippen LogP contribution in [0, 0.1) is 5.92 Å². The summed E-state index contributed by atoms with van der Waals surface area (Å²) in [6.45, 7) is 3.81. The summed E-state index contributed by atoms with van der Waals surface area (Å²) in [7, 11) is 1.51. The highest BCUT2D eigenvalue weighted by Gasteiger charge is 2.19. The zero-order chi connectivity index (χ0) is 18.1. The van der Waals surface area contributed by atoms with Crippen LogP contribution in [0.3, 0.4) is 0 Å². The molecular weight excluding hydrogens is 344 g/mol. The van der Waals surface area contributed by atoms with E-state index in [9.17, 15) is 14.4 Å². The average molecular weight is 371 g/mol. The van der Waals surface area contributed by atoms with Crippen LogP contribution in [0.5, 0.6) is 0 Å². The van der Waals surface area contributed by atoms with Gasteiger partial charge in [0.25, 0.3) is 0 Å². The predicted octanol–water partition coefficient (Wildman–Crippen LogP) is 0.283. The Hall–Kier alpha value is -2.12. The van der Waals surface area contributed by atoms with Crippen LogP contribution in [0.1, 0.15) is 19.4 Å². The smallest absolute Gasteiger partial charge is 0.242 e. The molecule has 1 aromatic carbocycles. The number of amides is 3. The van der Waals surface area contributed by atoms with Gasteiger partial charge >= 0.3 is 0 Å². The second-order valence-electron chi connectivity index (χ2n) is 6.00. The highest BCUT2D eigenvalue weighted by atomic mass is 35.5. The largest absolute Gasteiger partial charge is 0.350 e. The van der Waals surface area contributed by atoms with Gasteiger partial charge in [-0.05, 0) is 11.5 Å². The lowest BCUT2D eigenvalue weighted by molar-refractivity contribution is -0.135. The second kappa shape index (κ2) is 11.4. The van der Waals surface area contributed by atoms with Gasteiger partial charge in [-0.2, -0.15) is 0 Å². The minimum absolute atomic E-state index is 0.